The summed E-state index contributed by atoms with van der Waals surface area (Å²) < 4.78 is 57.5. The first-order chi connectivity index (χ1) is 56.1. The van der Waals surface area contributed by atoms with Gasteiger partial charge in [0.2, 0.25) is 11.2 Å². The number of epoxide rings is 2. The minimum Gasteiger partial charge on any atom is -0.504 e. The maximum absolute atomic E-state index is 10.8. The van der Waals surface area contributed by atoms with Gasteiger partial charge in [-0.25, -0.2) is 15.0 Å². The van der Waals surface area contributed by atoms with Crippen LogP contribution < -0.4 is 69.6 Å². The SMILES string of the molecule is BrCC1CO1.C.C1CCNC1.CNc1ccnc(Cl)n1.CNc1ccnc(Nc2ccc(OC)c(OC[C@H](O)CN3CCCC3)c2)n1.CO.COc1ccc(N)cc1OCC(O)CN1CCCC1.COc1ccc([N+](=O)[O-])cc1O.COc1ccc([N+](=O)[O-])cc1OCC(O)CN1CCCC1.COc1ccc([N+](=O)[O-])cc1OCC1CO1. The number of phenolic OH excluding ortho intramolecular Hbond substituents is 1. The van der Waals surface area contributed by atoms with Gasteiger partial charge in [-0.1, -0.05) is 23.4 Å². The van der Waals surface area contributed by atoms with Crippen molar-refractivity contribution in [1.82, 2.24) is 40.0 Å². The van der Waals surface area contributed by atoms with Crippen molar-refractivity contribution in [3.05, 3.63) is 151 Å². The van der Waals surface area contributed by atoms with Crippen LogP contribution in [0.4, 0.5) is 46.0 Å². The number of likely N-dealkylation sites (tertiary alicyclic amines) is 3. The van der Waals surface area contributed by atoms with Crippen molar-refractivity contribution in [2.24, 2.45) is 0 Å². The number of aliphatic hydroxyl groups excluding tert-OH is 4. The standard InChI is InChI=1S/C19H27N5O3.C14H20N2O5.C14H22N2O3.C10H11NO5.C7H7NO4.C5H6ClN3.C4H9N.C3H5BrO.CH4O.CH4/c1-20-18-7-8-21-19(23-18)22-14-5-6-16(26-2)17(11-14)27-13-15(25)12-24-9-3-4-10-24;1-20-13-5-4-11(16(18)19)8-14(13)21-10-12(17)9-15-6-2-3-7-15;1-18-13-5-4-11(15)8-14(13)19-10-12(17)9-16-6-2-3-7-16;1-14-9-3-2-7(11(12)13)4-10(9)16-6-8-5-15-8;1-12-7-3-2-5(8(10)11)4-6(7)9;1-7-4-2-3-8-5(6)9-4;1-2-4-5-3-1;4-1-3-2-5-3;1-2;/h5-8,11,15,25H,3-4,9-10,12-13H2,1-2H3,(H2,20,21,22,23);4-5,8,12,17H,2-3,6-7,9-10H2,1H3;4-5,8,12,17H,2-3,6-7,9-10,15H2,1H3;2-4,8H,5-6H2,1H3;2-4,9H,1H3;2-3H,1H3,(H,7,8,9);5H,1-4H2;3H,1-2H2;2H,1H3;1H4/t15-;;;;;;;;;/m1........./s1. The van der Waals surface area contributed by atoms with Gasteiger partial charge in [0, 0.05) is 100 Å². The molecule has 6 saturated heterocycles. The van der Waals surface area contributed by atoms with Gasteiger partial charge in [0.25, 0.3) is 17.1 Å². The first kappa shape index (κ1) is 99.4. The van der Waals surface area contributed by atoms with E-state index >= 15 is 0 Å². The van der Waals surface area contributed by atoms with Crippen LogP contribution in [0.2, 0.25) is 5.28 Å². The number of anilines is 5. The number of methoxy groups -OCH3 is 5. The summed E-state index contributed by atoms with van der Waals surface area (Å²) >= 11 is 8.71. The maximum atomic E-state index is 10.8. The lowest BCUT2D eigenvalue weighted by Crippen LogP contribution is -2.33. The Bertz CT molecular complexity index is 3970. The first-order valence-corrected chi connectivity index (χ1v) is 39.0. The summed E-state index contributed by atoms with van der Waals surface area (Å²) in [6.07, 6.45) is 12.2. The number of halogens is 2. The van der Waals surface area contributed by atoms with E-state index in [2.05, 4.69) is 71.8 Å². The van der Waals surface area contributed by atoms with Crippen LogP contribution in [0.3, 0.4) is 0 Å². The molecule has 5 atom stereocenters. The van der Waals surface area contributed by atoms with Gasteiger partial charge in [0.15, 0.2) is 57.5 Å². The highest BCUT2D eigenvalue weighted by Crippen LogP contribution is 2.36. The molecule has 6 fully saturated rings. The highest BCUT2D eigenvalue weighted by molar-refractivity contribution is 9.09. The van der Waals surface area contributed by atoms with Crippen molar-refractivity contribution in [3.63, 3.8) is 0 Å². The maximum Gasteiger partial charge on any atom is 0.273 e. The number of rotatable bonds is 31. The Kier molecular flexibility index (Phi) is 47.9. The van der Waals surface area contributed by atoms with Gasteiger partial charge in [-0.2, -0.15) is 4.98 Å². The molecular weight excluding hydrogens is 1610 g/mol. The van der Waals surface area contributed by atoms with E-state index in [0.717, 1.165) is 94.5 Å². The molecule has 5 aromatic carbocycles. The van der Waals surface area contributed by atoms with Gasteiger partial charge in [-0.05, 0) is 170 Å². The average molecular weight is 1730 g/mol. The zero-order chi connectivity index (χ0) is 84.6. The van der Waals surface area contributed by atoms with Crippen LogP contribution in [-0.2, 0) is 9.47 Å². The van der Waals surface area contributed by atoms with E-state index in [-0.39, 0.29) is 72.9 Å². The number of aromatic hydroxyl groups is 1. The fraction of sp³-hybridized carbons (Fsp3) is 0.513. The molecule has 8 heterocycles. The number of hydrogen-bond donors (Lipinski definition) is 10. The third-order valence-electron chi connectivity index (χ3n) is 17.1. The zero-order valence-corrected chi connectivity index (χ0v) is 69.1. The van der Waals surface area contributed by atoms with E-state index in [1.165, 1.54) is 121 Å². The molecule has 4 unspecified atom stereocenters. The summed E-state index contributed by atoms with van der Waals surface area (Å²) in [5.74, 6) is 5.83. The van der Waals surface area contributed by atoms with E-state index in [1.807, 2.05) is 18.2 Å². The van der Waals surface area contributed by atoms with Crippen LogP contribution >= 0.6 is 27.5 Å². The molecule has 2 aromatic heterocycles. The molecule has 117 heavy (non-hydrogen) atoms. The number of aromatic nitrogens is 4. The molecule has 0 amide bonds. The molecule has 37 nitrogen and oxygen atoms in total. The average Bonchev–Trinajstić information content (AvgIpc) is 1.87. The second-order valence-corrected chi connectivity index (χ2v) is 26.9. The molecule has 648 valence electrons. The quantitative estimate of drug-likeness (QED) is 0.00482. The van der Waals surface area contributed by atoms with Crippen LogP contribution in [0.1, 0.15) is 58.8 Å². The molecule has 13 rings (SSSR count). The lowest BCUT2D eigenvalue weighted by molar-refractivity contribution is -0.385. The van der Waals surface area contributed by atoms with Crippen LogP contribution in [0.15, 0.2) is 116 Å². The number of nitrogens with zero attached hydrogens (tertiary/aromatic N) is 10. The highest BCUT2D eigenvalue weighted by Gasteiger charge is 2.26. The van der Waals surface area contributed by atoms with Gasteiger partial charge in [0.05, 0.1) is 87.8 Å². The number of non-ortho nitro benzene ring substituents is 3. The Labute approximate surface area is 695 Å². The Balaban J connectivity index is 0.000000293. The number of nitro groups is 3. The molecule has 0 saturated carbocycles. The topological polar surface area (TPSA) is 474 Å². The smallest absolute Gasteiger partial charge is 0.273 e. The largest absolute Gasteiger partial charge is 0.504 e. The summed E-state index contributed by atoms with van der Waals surface area (Å²) in [4.78, 5) is 52.8. The molecular formula is C78H115BrClN15O22. The molecule has 11 N–H and O–H groups in total. The van der Waals surface area contributed by atoms with Crippen molar-refractivity contribution in [1.29, 1.82) is 0 Å². The fourth-order valence-electron chi connectivity index (χ4n) is 11.0. The van der Waals surface area contributed by atoms with Crippen LogP contribution in [0.5, 0.6) is 57.5 Å². The number of alkyl halides is 1. The summed E-state index contributed by atoms with van der Waals surface area (Å²) in [5.41, 5.74) is 6.85. The van der Waals surface area contributed by atoms with Crippen molar-refractivity contribution in [2.75, 3.05) is 195 Å². The number of hydrogen-bond acceptors (Lipinski definition) is 34. The number of nitrogens with two attached hydrogens (primary N) is 1. The molecule has 0 radical (unpaired) electrons. The van der Waals surface area contributed by atoms with E-state index in [9.17, 15) is 45.7 Å². The zero-order valence-electron chi connectivity index (χ0n) is 66.7. The van der Waals surface area contributed by atoms with E-state index in [1.54, 1.807) is 71.0 Å². The van der Waals surface area contributed by atoms with Crippen molar-refractivity contribution < 1.29 is 92.4 Å². The van der Waals surface area contributed by atoms with Crippen LogP contribution in [0.25, 0.3) is 0 Å². The Morgan fingerprint density at radius 1 is 0.530 bits per heavy atom. The number of β-amino-alcohol motifs (C(OH)–C–C–N with tert-alkyl or cyclic N) is 3. The van der Waals surface area contributed by atoms with Gasteiger partial charge < -0.3 is 119 Å². The lowest BCUT2D eigenvalue weighted by atomic mass is 10.2. The number of ether oxygens (including phenoxy) is 11. The number of phenols is 1. The molecule has 6 aliphatic heterocycles. The van der Waals surface area contributed by atoms with E-state index in [4.69, 9.17) is 79.7 Å². The Morgan fingerprint density at radius 3 is 1.26 bits per heavy atom. The number of nitrogen functional groups attached to an aromatic ring is 1. The summed E-state index contributed by atoms with van der Waals surface area (Å²) in [5, 5.41) is 91.3. The minimum atomic E-state index is -0.632. The number of aliphatic hydroxyl groups is 4. The molecule has 39 heteroatoms. The normalized spacial score (nSPS) is 16.0. The fourth-order valence-corrected chi connectivity index (χ4v) is 11.6. The summed E-state index contributed by atoms with van der Waals surface area (Å²) in [6.45, 7) is 13.1. The molecule has 0 bridgehead atoms. The number of nitro benzene ring substituents is 3. The predicted octanol–water partition coefficient (Wildman–Crippen LogP) is 9.91. The Hall–Kier alpha value is -9.97. The predicted molar refractivity (Wildman–Crippen MR) is 450 cm³/mol. The van der Waals surface area contributed by atoms with E-state index < -0.39 is 33.1 Å². The van der Waals surface area contributed by atoms with Gasteiger partial charge in [-0.15, -0.1) is 0 Å². The first-order valence-electron chi connectivity index (χ1n) is 37.5. The Morgan fingerprint density at radius 2 is 0.906 bits per heavy atom. The van der Waals surface area contributed by atoms with Crippen molar-refractivity contribution in [2.45, 2.75) is 89.3 Å². The second-order valence-electron chi connectivity index (χ2n) is 25.9. The van der Waals surface area contributed by atoms with Crippen LogP contribution in [-0.4, -0.2) is 279 Å². The summed E-state index contributed by atoms with van der Waals surface area (Å²) in [6, 6.07) is 26.3. The third kappa shape index (κ3) is 39.2. The van der Waals surface area contributed by atoms with Crippen molar-refractivity contribution >= 4 is 73.6 Å². The van der Waals surface area contributed by atoms with E-state index in [0.29, 0.717) is 90.8 Å². The number of benzene rings is 5. The lowest BCUT2D eigenvalue weighted by Gasteiger charge is -2.20. The molecule has 7 aromatic rings. The third-order valence-corrected chi connectivity index (χ3v) is 18.1. The van der Waals surface area contributed by atoms with Crippen molar-refractivity contribution in [3.8, 4) is 57.5 Å². The number of nitrogens with one attached hydrogen (secondary N) is 4. The highest BCUT2D eigenvalue weighted by atomic mass is 79.9. The monoisotopic (exact) mass is 1730 g/mol. The van der Waals surface area contributed by atoms with Gasteiger partial charge in [-0.3, -0.25) is 30.3 Å². The molecule has 0 aliphatic carbocycles. The minimum absolute atomic E-state index is 0. The summed E-state index contributed by atoms with van der Waals surface area (Å²) in [7, 11) is 12.1. The molecule has 6 aliphatic rings. The second kappa shape index (κ2) is 56.4. The van der Waals surface area contributed by atoms with Gasteiger partial charge >= 0.3 is 0 Å². The van der Waals surface area contributed by atoms with Crippen LogP contribution in [0, 0.1) is 30.3 Å². The molecule has 0 spiro atoms. The van der Waals surface area contributed by atoms with Gasteiger partial charge in [0.1, 0.15) is 62.5 Å².